The number of halogens is 1. The van der Waals surface area contributed by atoms with Gasteiger partial charge in [-0.1, -0.05) is 23.7 Å². The molecule has 0 atom stereocenters. The third-order valence-corrected chi connectivity index (χ3v) is 5.69. The number of H-pyrrole nitrogens is 1. The zero-order valence-corrected chi connectivity index (χ0v) is 20.5. The summed E-state index contributed by atoms with van der Waals surface area (Å²) < 4.78 is 16.9. The number of aromatic nitrogens is 4. The molecule has 2 N–H and O–H groups in total. The molecule has 10 nitrogen and oxygen atoms in total. The maximum Gasteiger partial charge on any atom is 0.269 e. The van der Waals surface area contributed by atoms with Gasteiger partial charge in [0.05, 0.1) is 44.0 Å². The molecule has 0 aliphatic rings. The third-order valence-electron chi connectivity index (χ3n) is 5.15. The van der Waals surface area contributed by atoms with Crippen LogP contribution < -0.4 is 25.1 Å². The van der Waals surface area contributed by atoms with Crippen molar-refractivity contribution in [1.82, 2.24) is 24.8 Å². The Kier molecular flexibility index (Phi) is 6.99. The molecule has 0 fully saturated rings. The Labute approximate surface area is 209 Å². The lowest BCUT2D eigenvalue weighted by Crippen LogP contribution is -2.25. The molecule has 1 amide bonds. The minimum Gasteiger partial charge on any atom is -0.496 e. The van der Waals surface area contributed by atoms with Crippen LogP contribution in [0.3, 0.4) is 0 Å². The monoisotopic (exact) mass is 513 g/mol. The molecule has 0 saturated carbocycles. The number of nitrogens with zero attached hydrogens (tertiary/aromatic N) is 3. The quantitative estimate of drug-likeness (QED) is 0.360. The summed E-state index contributed by atoms with van der Waals surface area (Å²) in [5.41, 5.74) is 0.968. The van der Waals surface area contributed by atoms with Gasteiger partial charge >= 0.3 is 0 Å². The Balaban J connectivity index is 1.75. The van der Waals surface area contributed by atoms with Gasteiger partial charge in [0.25, 0.3) is 17.3 Å². The minimum absolute atomic E-state index is 0.000416. The maximum atomic E-state index is 13.3. The molecule has 2 aromatic carbocycles. The predicted octanol–water partition coefficient (Wildman–Crippen LogP) is 3.45. The highest BCUT2D eigenvalue weighted by atomic mass is 35.5. The molecule has 4 aromatic rings. The molecule has 0 aliphatic heterocycles. The fourth-order valence-electron chi connectivity index (χ4n) is 3.39. The van der Waals surface area contributed by atoms with E-state index in [0.717, 1.165) is 10.1 Å². The first-order valence-corrected chi connectivity index (χ1v) is 11.0. The van der Waals surface area contributed by atoms with E-state index in [-0.39, 0.29) is 45.8 Å². The van der Waals surface area contributed by atoms with Crippen molar-refractivity contribution in [2.24, 2.45) is 0 Å². The van der Waals surface area contributed by atoms with Crippen LogP contribution in [0.1, 0.15) is 15.9 Å². The van der Waals surface area contributed by atoms with Gasteiger partial charge in [-0.05, 0) is 42.0 Å². The third kappa shape index (κ3) is 4.81. The predicted molar refractivity (Wildman–Crippen MR) is 133 cm³/mol. The smallest absolute Gasteiger partial charge is 0.269 e. The summed E-state index contributed by atoms with van der Waals surface area (Å²) in [7, 11) is 4.28. The standard InChI is InChI=1S/C23H20ClN5O5S/c1-32-17-9-14-16(8-15(17)19(30)25-10-12-4-6-13(24)7-5-12)27-23(35)29(21(14)31)22-26-11-18(33-2)20(28-22)34-3/h4-9,11H,10H2,1-3H3,(H,25,30)(H,27,35). The van der Waals surface area contributed by atoms with Crippen LogP contribution in [0, 0.1) is 4.77 Å². The van der Waals surface area contributed by atoms with Crippen LogP contribution >= 0.6 is 23.8 Å². The van der Waals surface area contributed by atoms with Crippen molar-refractivity contribution in [3.8, 4) is 23.3 Å². The molecule has 0 bridgehead atoms. The number of carbonyl (C=O) groups is 1. The second-order valence-corrected chi connectivity index (χ2v) is 8.05. The molecule has 35 heavy (non-hydrogen) atoms. The van der Waals surface area contributed by atoms with E-state index in [0.29, 0.717) is 16.3 Å². The molecule has 12 heteroatoms. The highest BCUT2D eigenvalue weighted by molar-refractivity contribution is 7.71. The Hall–Kier alpha value is -3.96. The number of amides is 1. The number of hydrogen-bond acceptors (Lipinski definition) is 8. The van der Waals surface area contributed by atoms with Gasteiger partial charge in [0.2, 0.25) is 5.95 Å². The molecule has 4 rings (SSSR count). The van der Waals surface area contributed by atoms with E-state index < -0.39 is 5.56 Å². The van der Waals surface area contributed by atoms with Crippen molar-refractivity contribution in [1.29, 1.82) is 0 Å². The number of rotatable bonds is 7. The molecule has 180 valence electrons. The highest BCUT2D eigenvalue weighted by Crippen LogP contribution is 2.25. The fourth-order valence-corrected chi connectivity index (χ4v) is 3.79. The van der Waals surface area contributed by atoms with Gasteiger partial charge in [-0.3, -0.25) is 9.59 Å². The van der Waals surface area contributed by atoms with E-state index in [2.05, 4.69) is 20.3 Å². The summed E-state index contributed by atoms with van der Waals surface area (Å²) in [4.78, 5) is 37.6. The molecule has 0 radical (unpaired) electrons. The van der Waals surface area contributed by atoms with Gasteiger partial charge in [0.15, 0.2) is 10.5 Å². The summed E-state index contributed by atoms with van der Waals surface area (Å²) in [6, 6.07) is 10.1. The Morgan fingerprint density at radius 3 is 2.49 bits per heavy atom. The molecule has 0 saturated heterocycles. The van der Waals surface area contributed by atoms with Crippen LogP contribution in [-0.4, -0.2) is 46.8 Å². The van der Waals surface area contributed by atoms with Gasteiger partial charge in [0, 0.05) is 11.6 Å². The molecular formula is C23H20ClN5O5S. The zero-order valence-electron chi connectivity index (χ0n) is 18.9. The van der Waals surface area contributed by atoms with Crippen LogP contribution in [0.5, 0.6) is 17.4 Å². The molecule has 2 aromatic heterocycles. The maximum absolute atomic E-state index is 13.3. The van der Waals surface area contributed by atoms with Crippen LogP contribution in [0.2, 0.25) is 5.02 Å². The Morgan fingerprint density at radius 1 is 1.11 bits per heavy atom. The molecule has 0 spiro atoms. The lowest BCUT2D eigenvalue weighted by atomic mass is 10.1. The van der Waals surface area contributed by atoms with E-state index in [1.54, 1.807) is 12.1 Å². The van der Waals surface area contributed by atoms with Gasteiger partial charge < -0.3 is 24.5 Å². The van der Waals surface area contributed by atoms with Crippen molar-refractivity contribution in [3.63, 3.8) is 0 Å². The second kappa shape index (κ2) is 10.1. The van der Waals surface area contributed by atoms with E-state index in [4.69, 9.17) is 38.0 Å². The first-order valence-electron chi connectivity index (χ1n) is 10.2. The second-order valence-electron chi connectivity index (χ2n) is 7.23. The van der Waals surface area contributed by atoms with Crippen LogP contribution in [0.4, 0.5) is 0 Å². The summed E-state index contributed by atoms with van der Waals surface area (Å²) in [6.07, 6.45) is 1.38. The number of nitrogens with one attached hydrogen (secondary N) is 2. The largest absolute Gasteiger partial charge is 0.496 e. The number of benzene rings is 2. The fraction of sp³-hybridized carbons (Fsp3) is 0.174. The Morgan fingerprint density at radius 2 is 1.83 bits per heavy atom. The summed E-state index contributed by atoms with van der Waals surface area (Å²) >= 11 is 11.3. The van der Waals surface area contributed by atoms with Crippen molar-refractivity contribution in [2.45, 2.75) is 6.54 Å². The topological polar surface area (TPSA) is 120 Å². The first kappa shape index (κ1) is 24.2. The summed E-state index contributed by atoms with van der Waals surface area (Å²) in [6.45, 7) is 0.283. The average Bonchev–Trinajstić information content (AvgIpc) is 2.87. The van der Waals surface area contributed by atoms with E-state index >= 15 is 0 Å². The number of aromatic amines is 1. The van der Waals surface area contributed by atoms with Crippen LogP contribution in [0.25, 0.3) is 16.9 Å². The molecule has 0 aliphatic carbocycles. The summed E-state index contributed by atoms with van der Waals surface area (Å²) in [5.74, 6) is 0.276. The summed E-state index contributed by atoms with van der Waals surface area (Å²) in [5, 5.41) is 3.67. The van der Waals surface area contributed by atoms with Crippen molar-refractivity contribution in [3.05, 3.63) is 73.9 Å². The van der Waals surface area contributed by atoms with E-state index in [1.165, 1.54) is 39.7 Å². The number of ether oxygens (including phenoxy) is 3. The number of methoxy groups -OCH3 is 3. The van der Waals surface area contributed by atoms with E-state index in [9.17, 15) is 9.59 Å². The molecule has 2 heterocycles. The van der Waals surface area contributed by atoms with Crippen molar-refractivity contribution >= 4 is 40.6 Å². The Bertz CT molecular complexity index is 1530. The SMILES string of the molecule is COc1cc2c(=O)n(-c3ncc(OC)c(OC)n3)c(=S)[nH]c2cc1C(=O)NCc1ccc(Cl)cc1. The average molecular weight is 514 g/mol. The van der Waals surface area contributed by atoms with Gasteiger partial charge in [-0.2, -0.15) is 4.98 Å². The van der Waals surface area contributed by atoms with Crippen LogP contribution in [-0.2, 0) is 6.54 Å². The number of hydrogen-bond donors (Lipinski definition) is 2. The lowest BCUT2D eigenvalue weighted by molar-refractivity contribution is 0.0948. The lowest BCUT2D eigenvalue weighted by Gasteiger charge is -2.13. The normalized spacial score (nSPS) is 10.7. The molecule has 0 unspecified atom stereocenters. The molecular weight excluding hydrogens is 494 g/mol. The minimum atomic E-state index is -0.498. The van der Waals surface area contributed by atoms with Crippen LogP contribution in [0.15, 0.2) is 47.4 Å². The van der Waals surface area contributed by atoms with E-state index in [1.807, 2.05) is 12.1 Å². The van der Waals surface area contributed by atoms with Crippen molar-refractivity contribution < 1.29 is 19.0 Å². The number of carbonyl (C=O) groups excluding carboxylic acids is 1. The highest BCUT2D eigenvalue weighted by Gasteiger charge is 2.19. The first-order chi connectivity index (χ1) is 16.9. The van der Waals surface area contributed by atoms with Gasteiger partial charge in [-0.25, -0.2) is 9.55 Å². The van der Waals surface area contributed by atoms with Gasteiger partial charge in [-0.15, -0.1) is 0 Å². The number of fused-ring (bicyclic) bond motifs is 1. The zero-order chi connectivity index (χ0) is 25.1. The van der Waals surface area contributed by atoms with Gasteiger partial charge in [0.1, 0.15) is 5.75 Å². The van der Waals surface area contributed by atoms with Crippen molar-refractivity contribution in [2.75, 3.05) is 21.3 Å².